The number of benzene rings is 6. The minimum Gasteiger partial charge on any atom is -0.311 e. The highest BCUT2D eigenvalue weighted by atomic mass is 35.5. The molecule has 0 radical (unpaired) electrons. The van der Waals surface area contributed by atoms with E-state index >= 15 is 0 Å². The third kappa shape index (κ3) is 8.20. The third-order valence-electron chi connectivity index (χ3n) is 6.85. The molecule has 0 aliphatic rings. The molecule has 0 saturated heterocycles. The summed E-state index contributed by atoms with van der Waals surface area (Å²) in [6.07, 6.45) is 0. The summed E-state index contributed by atoms with van der Waals surface area (Å²) in [6, 6.07) is 49.6. The minimum atomic E-state index is 0.626. The van der Waals surface area contributed by atoms with Crippen molar-refractivity contribution in [3.8, 4) is 12.1 Å². The van der Waals surface area contributed by atoms with Crippen LogP contribution in [0.4, 0.5) is 34.1 Å². The van der Waals surface area contributed by atoms with Crippen molar-refractivity contribution in [2.75, 3.05) is 9.80 Å². The maximum atomic E-state index is 8.97. The molecule has 0 aliphatic heterocycles. The van der Waals surface area contributed by atoms with Gasteiger partial charge in [-0.25, -0.2) is 0 Å². The zero-order valence-corrected chi connectivity index (χ0v) is 27.2. The Bertz CT molecular complexity index is 1720. The summed E-state index contributed by atoms with van der Waals surface area (Å²) in [4.78, 5) is 4.15. The maximum absolute atomic E-state index is 8.97. The molecular weight excluding hydrogens is 654 g/mol. The molecule has 0 N–H and O–H groups in total. The molecule has 224 valence electrons. The molecule has 4 nitrogen and oxygen atoms in total. The smallest absolute Gasteiger partial charge is 0.0991 e. The molecule has 0 aliphatic carbocycles. The van der Waals surface area contributed by atoms with E-state index in [9.17, 15) is 0 Å². The highest BCUT2D eigenvalue weighted by Crippen LogP contribution is 2.37. The molecular formula is C38H24Cl4N4. The molecule has 46 heavy (non-hydrogen) atoms. The second-order valence-electron chi connectivity index (χ2n) is 9.89. The Labute approximate surface area is 288 Å². The van der Waals surface area contributed by atoms with Crippen molar-refractivity contribution in [3.63, 3.8) is 0 Å². The van der Waals surface area contributed by atoms with Crippen LogP contribution in [-0.2, 0) is 0 Å². The first kappa shape index (κ1) is 32.5. The molecule has 0 unspecified atom stereocenters. The highest BCUT2D eigenvalue weighted by Gasteiger charge is 2.14. The van der Waals surface area contributed by atoms with Gasteiger partial charge in [-0.05, 0) is 146 Å². The second-order valence-corrected chi connectivity index (χ2v) is 11.6. The molecule has 8 heteroatoms. The van der Waals surface area contributed by atoms with E-state index in [2.05, 4.69) is 21.9 Å². The summed E-state index contributed by atoms with van der Waals surface area (Å²) in [7, 11) is 0. The van der Waals surface area contributed by atoms with E-state index in [0.29, 0.717) is 31.2 Å². The lowest BCUT2D eigenvalue weighted by molar-refractivity contribution is 1.28. The summed E-state index contributed by atoms with van der Waals surface area (Å²) in [6.45, 7) is 0. The zero-order chi connectivity index (χ0) is 32.5. The van der Waals surface area contributed by atoms with Gasteiger partial charge in [-0.2, -0.15) is 10.5 Å². The fourth-order valence-electron chi connectivity index (χ4n) is 4.63. The predicted molar refractivity (Wildman–Crippen MR) is 192 cm³/mol. The summed E-state index contributed by atoms with van der Waals surface area (Å²) >= 11 is 24.0. The molecule has 0 atom stereocenters. The van der Waals surface area contributed by atoms with Gasteiger partial charge < -0.3 is 9.80 Å². The predicted octanol–water partition coefficient (Wildman–Crippen LogP) is 12.7. The Morgan fingerprint density at radius 2 is 0.478 bits per heavy atom. The van der Waals surface area contributed by atoms with Crippen LogP contribution in [0, 0.1) is 22.7 Å². The van der Waals surface area contributed by atoms with Crippen molar-refractivity contribution in [3.05, 3.63) is 177 Å². The lowest BCUT2D eigenvalue weighted by atomic mass is 10.1. The Balaban J connectivity index is 0.000000181. The molecule has 6 aromatic rings. The van der Waals surface area contributed by atoms with Gasteiger partial charge in [0, 0.05) is 54.2 Å². The summed E-state index contributed by atoms with van der Waals surface area (Å²) in [5.74, 6) is 0. The first-order chi connectivity index (χ1) is 22.3. The Hall–Kier alpha value is -4.94. The molecule has 0 spiro atoms. The highest BCUT2D eigenvalue weighted by molar-refractivity contribution is 6.31. The maximum Gasteiger partial charge on any atom is 0.0991 e. The summed E-state index contributed by atoms with van der Waals surface area (Å²) in [5.41, 5.74) is 7.05. The van der Waals surface area contributed by atoms with Crippen molar-refractivity contribution in [2.24, 2.45) is 0 Å². The number of halogens is 4. The van der Waals surface area contributed by atoms with E-state index in [1.807, 2.05) is 121 Å². The minimum absolute atomic E-state index is 0.626. The first-order valence-corrected chi connectivity index (χ1v) is 15.5. The number of hydrogen-bond donors (Lipinski definition) is 0. The monoisotopic (exact) mass is 676 g/mol. The van der Waals surface area contributed by atoms with Gasteiger partial charge in [0.25, 0.3) is 0 Å². The average molecular weight is 678 g/mol. The fourth-order valence-corrected chi connectivity index (χ4v) is 5.13. The Morgan fingerprint density at radius 3 is 0.652 bits per heavy atom. The normalized spacial score (nSPS) is 10.1. The van der Waals surface area contributed by atoms with Crippen LogP contribution in [0.2, 0.25) is 20.1 Å². The van der Waals surface area contributed by atoms with Crippen molar-refractivity contribution in [2.45, 2.75) is 0 Å². The van der Waals surface area contributed by atoms with Crippen LogP contribution in [0.15, 0.2) is 146 Å². The second kappa shape index (κ2) is 15.4. The standard InChI is InChI=1S/2C19H12Cl2N2/c2*20-15-3-9-18(10-4-15)23(19-11-5-16(21)6-12-19)17-7-1-14(13-22)2-8-17/h2*1-12H. The summed E-state index contributed by atoms with van der Waals surface area (Å²) < 4.78 is 0. The van der Waals surface area contributed by atoms with E-state index in [1.165, 1.54) is 0 Å². The van der Waals surface area contributed by atoms with Gasteiger partial charge in [-0.3, -0.25) is 0 Å². The topological polar surface area (TPSA) is 54.1 Å². The van der Waals surface area contributed by atoms with Gasteiger partial charge in [-0.1, -0.05) is 46.4 Å². The molecule has 0 heterocycles. The van der Waals surface area contributed by atoms with Crippen LogP contribution in [0.5, 0.6) is 0 Å². The van der Waals surface area contributed by atoms with Crippen molar-refractivity contribution in [1.82, 2.24) is 0 Å². The lowest BCUT2D eigenvalue weighted by Gasteiger charge is -2.25. The number of anilines is 6. The van der Waals surface area contributed by atoms with Gasteiger partial charge in [0.2, 0.25) is 0 Å². The van der Waals surface area contributed by atoms with Crippen molar-refractivity contribution >= 4 is 80.5 Å². The van der Waals surface area contributed by atoms with E-state index in [4.69, 9.17) is 56.9 Å². The number of nitrogens with zero attached hydrogens (tertiary/aromatic N) is 4. The Morgan fingerprint density at radius 1 is 0.304 bits per heavy atom. The Kier molecular flexibility index (Phi) is 10.8. The van der Waals surface area contributed by atoms with Crippen LogP contribution in [-0.4, -0.2) is 0 Å². The van der Waals surface area contributed by atoms with Crippen molar-refractivity contribution in [1.29, 1.82) is 10.5 Å². The van der Waals surface area contributed by atoms with E-state index in [0.717, 1.165) is 34.1 Å². The number of nitriles is 2. The largest absolute Gasteiger partial charge is 0.311 e. The SMILES string of the molecule is N#Cc1ccc(N(c2ccc(Cl)cc2)c2ccc(Cl)cc2)cc1.N#Cc1ccc(N(c2ccc(Cl)cc2)c2ccc(Cl)cc2)cc1. The van der Waals surface area contributed by atoms with Gasteiger partial charge in [0.05, 0.1) is 23.3 Å². The van der Waals surface area contributed by atoms with Crippen LogP contribution >= 0.6 is 46.4 Å². The summed E-state index contributed by atoms with van der Waals surface area (Å²) in [5, 5.41) is 20.7. The quantitative estimate of drug-likeness (QED) is 0.176. The van der Waals surface area contributed by atoms with E-state index < -0.39 is 0 Å². The molecule has 0 amide bonds. The van der Waals surface area contributed by atoms with Crippen LogP contribution < -0.4 is 9.80 Å². The molecule has 6 rings (SSSR count). The lowest BCUT2D eigenvalue weighted by Crippen LogP contribution is -2.09. The fraction of sp³-hybridized carbons (Fsp3) is 0. The molecule has 0 bridgehead atoms. The first-order valence-electron chi connectivity index (χ1n) is 14.0. The van der Waals surface area contributed by atoms with Crippen LogP contribution in [0.1, 0.15) is 11.1 Å². The van der Waals surface area contributed by atoms with Gasteiger partial charge in [-0.15, -0.1) is 0 Å². The molecule has 0 aromatic heterocycles. The van der Waals surface area contributed by atoms with Crippen LogP contribution in [0.3, 0.4) is 0 Å². The average Bonchev–Trinajstić information content (AvgIpc) is 3.09. The van der Waals surface area contributed by atoms with Gasteiger partial charge >= 0.3 is 0 Å². The van der Waals surface area contributed by atoms with E-state index in [-0.39, 0.29) is 0 Å². The molecule has 0 saturated carbocycles. The molecule has 0 fully saturated rings. The molecule has 6 aromatic carbocycles. The zero-order valence-electron chi connectivity index (χ0n) is 24.2. The number of rotatable bonds is 6. The van der Waals surface area contributed by atoms with Crippen LogP contribution in [0.25, 0.3) is 0 Å². The number of hydrogen-bond acceptors (Lipinski definition) is 4. The van der Waals surface area contributed by atoms with Gasteiger partial charge in [0.1, 0.15) is 0 Å². The van der Waals surface area contributed by atoms with E-state index in [1.54, 1.807) is 24.3 Å². The van der Waals surface area contributed by atoms with Gasteiger partial charge in [0.15, 0.2) is 0 Å². The van der Waals surface area contributed by atoms with Crippen molar-refractivity contribution < 1.29 is 0 Å². The third-order valence-corrected chi connectivity index (χ3v) is 7.86.